The molecule has 0 amide bonds. The van der Waals surface area contributed by atoms with Crippen molar-refractivity contribution in [3.63, 3.8) is 0 Å². The molecule has 2 aromatic carbocycles. The smallest absolute Gasteiger partial charge is 0.416 e. The van der Waals surface area contributed by atoms with Gasteiger partial charge in [-0.25, -0.2) is 4.99 Å². The Bertz CT molecular complexity index is 789. The fourth-order valence-electron chi connectivity index (χ4n) is 2.40. The molecule has 3 N–H and O–H groups in total. The lowest BCUT2D eigenvalue weighted by Crippen LogP contribution is -2.22. The summed E-state index contributed by atoms with van der Waals surface area (Å²) in [7, 11) is 0. The van der Waals surface area contributed by atoms with E-state index in [2.05, 4.69) is 10.3 Å². The molecule has 138 valence electrons. The van der Waals surface area contributed by atoms with Crippen LogP contribution in [-0.4, -0.2) is 19.2 Å². The summed E-state index contributed by atoms with van der Waals surface area (Å²) in [4.78, 5) is 4.14. The van der Waals surface area contributed by atoms with Crippen LogP contribution in [0.2, 0.25) is 0 Å². The zero-order chi connectivity index (χ0) is 18.6. The van der Waals surface area contributed by atoms with Gasteiger partial charge in [-0.1, -0.05) is 12.1 Å². The number of benzene rings is 2. The number of rotatable bonds is 3. The number of nitrogens with two attached hydrogens (primary N) is 1. The van der Waals surface area contributed by atoms with Crippen molar-refractivity contribution >= 4 is 11.6 Å². The van der Waals surface area contributed by atoms with Crippen LogP contribution in [-0.2, 0) is 12.7 Å². The molecule has 2 aromatic rings. The van der Waals surface area contributed by atoms with Crippen molar-refractivity contribution in [1.29, 1.82) is 0 Å². The van der Waals surface area contributed by atoms with E-state index in [9.17, 15) is 13.2 Å². The predicted molar refractivity (Wildman–Crippen MR) is 92.4 cm³/mol. The van der Waals surface area contributed by atoms with E-state index < -0.39 is 11.7 Å². The topological polar surface area (TPSA) is 68.9 Å². The number of guanidine groups is 1. The zero-order valence-corrected chi connectivity index (χ0v) is 13.8. The highest BCUT2D eigenvalue weighted by Gasteiger charge is 2.29. The lowest BCUT2D eigenvalue weighted by atomic mass is 10.1. The summed E-state index contributed by atoms with van der Waals surface area (Å²) in [6.45, 7) is 1.35. The van der Waals surface area contributed by atoms with Crippen molar-refractivity contribution in [3.8, 4) is 11.5 Å². The Morgan fingerprint density at radius 3 is 2.42 bits per heavy atom. The Balaban J connectivity index is 1.62. The van der Waals surface area contributed by atoms with Gasteiger partial charge in [-0.05, 0) is 29.8 Å². The molecular formula is C18H18F3N3O2. The van der Waals surface area contributed by atoms with Crippen molar-refractivity contribution in [1.82, 2.24) is 0 Å². The number of alkyl halides is 3. The second-order valence-corrected chi connectivity index (χ2v) is 5.73. The van der Waals surface area contributed by atoms with E-state index in [0.717, 1.165) is 18.6 Å². The SMILES string of the molecule is NC(=NCc1ccc(C(F)(F)F)cc1)Nc1ccc2c(c1)OCCCO2. The average molecular weight is 365 g/mol. The highest BCUT2D eigenvalue weighted by atomic mass is 19.4. The molecule has 0 atom stereocenters. The summed E-state index contributed by atoms with van der Waals surface area (Å²) < 4.78 is 48.8. The van der Waals surface area contributed by atoms with Gasteiger partial charge in [0.15, 0.2) is 17.5 Å². The van der Waals surface area contributed by atoms with Crippen molar-refractivity contribution in [3.05, 3.63) is 53.6 Å². The fourth-order valence-corrected chi connectivity index (χ4v) is 2.40. The number of hydrogen-bond acceptors (Lipinski definition) is 3. The quantitative estimate of drug-likeness (QED) is 0.641. The zero-order valence-electron chi connectivity index (χ0n) is 13.8. The molecule has 26 heavy (non-hydrogen) atoms. The molecule has 0 unspecified atom stereocenters. The van der Waals surface area contributed by atoms with Crippen LogP contribution in [0.15, 0.2) is 47.5 Å². The van der Waals surface area contributed by atoms with Crippen LogP contribution in [0.4, 0.5) is 18.9 Å². The first-order valence-electron chi connectivity index (χ1n) is 8.04. The van der Waals surface area contributed by atoms with Gasteiger partial charge in [-0.15, -0.1) is 0 Å². The Morgan fingerprint density at radius 1 is 1.04 bits per heavy atom. The number of aliphatic imine (C=N–C) groups is 1. The number of anilines is 1. The third-order valence-corrected chi connectivity index (χ3v) is 3.73. The van der Waals surface area contributed by atoms with Crippen molar-refractivity contribution in [2.45, 2.75) is 19.1 Å². The summed E-state index contributed by atoms with van der Waals surface area (Å²) >= 11 is 0. The Kier molecular flexibility index (Phi) is 5.20. The van der Waals surface area contributed by atoms with E-state index in [1.54, 1.807) is 18.2 Å². The van der Waals surface area contributed by atoms with E-state index in [1.807, 2.05) is 0 Å². The Hall–Kier alpha value is -2.90. The summed E-state index contributed by atoms with van der Waals surface area (Å²) in [6.07, 6.45) is -3.53. The van der Waals surface area contributed by atoms with Crippen molar-refractivity contribution < 1.29 is 22.6 Å². The summed E-state index contributed by atoms with van der Waals surface area (Å²) in [6, 6.07) is 10.2. The van der Waals surface area contributed by atoms with E-state index in [0.29, 0.717) is 36.0 Å². The molecular weight excluding hydrogens is 347 g/mol. The van der Waals surface area contributed by atoms with Gasteiger partial charge in [0, 0.05) is 18.2 Å². The number of ether oxygens (including phenoxy) is 2. The highest BCUT2D eigenvalue weighted by molar-refractivity contribution is 5.92. The summed E-state index contributed by atoms with van der Waals surface area (Å²) in [5, 5.41) is 2.93. The van der Waals surface area contributed by atoms with E-state index in [4.69, 9.17) is 15.2 Å². The molecule has 1 aliphatic rings. The van der Waals surface area contributed by atoms with Gasteiger partial charge < -0.3 is 20.5 Å². The molecule has 0 radical (unpaired) electrons. The molecule has 0 fully saturated rings. The van der Waals surface area contributed by atoms with Gasteiger partial charge in [0.25, 0.3) is 0 Å². The van der Waals surface area contributed by atoms with Crippen LogP contribution >= 0.6 is 0 Å². The number of halogens is 3. The first-order valence-corrected chi connectivity index (χ1v) is 8.04. The molecule has 5 nitrogen and oxygen atoms in total. The van der Waals surface area contributed by atoms with Gasteiger partial charge >= 0.3 is 6.18 Å². The van der Waals surface area contributed by atoms with Gasteiger partial charge in [0.2, 0.25) is 0 Å². The molecule has 3 rings (SSSR count). The molecule has 0 bridgehead atoms. The van der Waals surface area contributed by atoms with Crippen LogP contribution in [0.25, 0.3) is 0 Å². The minimum atomic E-state index is -4.35. The third kappa shape index (κ3) is 4.59. The maximum atomic E-state index is 12.5. The second-order valence-electron chi connectivity index (χ2n) is 5.73. The van der Waals surface area contributed by atoms with E-state index in [-0.39, 0.29) is 12.5 Å². The van der Waals surface area contributed by atoms with Gasteiger partial charge in [0.05, 0.1) is 25.3 Å². The minimum absolute atomic E-state index is 0.152. The summed E-state index contributed by atoms with van der Waals surface area (Å²) in [5.41, 5.74) is 6.46. The molecule has 0 spiro atoms. The van der Waals surface area contributed by atoms with Gasteiger partial charge in [-0.3, -0.25) is 0 Å². The maximum Gasteiger partial charge on any atom is 0.416 e. The molecule has 1 heterocycles. The lowest BCUT2D eigenvalue weighted by molar-refractivity contribution is -0.137. The number of nitrogens with one attached hydrogen (secondary N) is 1. The van der Waals surface area contributed by atoms with E-state index in [1.165, 1.54) is 12.1 Å². The predicted octanol–water partition coefficient (Wildman–Crippen LogP) is 3.79. The largest absolute Gasteiger partial charge is 0.490 e. The van der Waals surface area contributed by atoms with Crippen LogP contribution in [0.5, 0.6) is 11.5 Å². The average Bonchev–Trinajstić information content (AvgIpc) is 2.84. The lowest BCUT2D eigenvalue weighted by Gasteiger charge is -2.11. The monoisotopic (exact) mass is 365 g/mol. The highest BCUT2D eigenvalue weighted by Crippen LogP contribution is 2.32. The normalized spacial score (nSPS) is 14.7. The third-order valence-electron chi connectivity index (χ3n) is 3.73. The molecule has 0 saturated carbocycles. The first-order chi connectivity index (χ1) is 12.4. The van der Waals surface area contributed by atoms with Gasteiger partial charge in [-0.2, -0.15) is 13.2 Å². The molecule has 1 aliphatic heterocycles. The van der Waals surface area contributed by atoms with Crippen LogP contribution in [0, 0.1) is 0 Å². The van der Waals surface area contributed by atoms with Crippen LogP contribution < -0.4 is 20.5 Å². The van der Waals surface area contributed by atoms with Crippen molar-refractivity contribution in [2.75, 3.05) is 18.5 Å². The standard InChI is InChI=1S/C18H18F3N3O2/c19-18(20,21)13-4-2-12(3-5-13)11-23-17(22)24-14-6-7-15-16(10-14)26-9-1-8-25-15/h2-7,10H,1,8-9,11H2,(H3,22,23,24). The van der Waals surface area contributed by atoms with Crippen LogP contribution in [0.1, 0.15) is 17.5 Å². The second kappa shape index (κ2) is 7.55. The van der Waals surface area contributed by atoms with E-state index >= 15 is 0 Å². The maximum absolute atomic E-state index is 12.5. The molecule has 0 aliphatic carbocycles. The molecule has 0 aromatic heterocycles. The van der Waals surface area contributed by atoms with Crippen LogP contribution in [0.3, 0.4) is 0 Å². The molecule has 8 heteroatoms. The van der Waals surface area contributed by atoms with Gasteiger partial charge in [0.1, 0.15) is 0 Å². The minimum Gasteiger partial charge on any atom is -0.490 e. The number of nitrogens with zero attached hydrogens (tertiary/aromatic N) is 1. The Labute approximate surface area is 148 Å². The Morgan fingerprint density at radius 2 is 1.73 bits per heavy atom. The first kappa shape index (κ1) is 17.9. The van der Waals surface area contributed by atoms with Crippen molar-refractivity contribution in [2.24, 2.45) is 10.7 Å². The summed E-state index contributed by atoms with van der Waals surface area (Å²) in [5.74, 6) is 1.45. The molecule has 0 saturated heterocycles. The number of fused-ring (bicyclic) bond motifs is 1. The number of hydrogen-bond donors (Lipinski definition) is 2. The fraction of sp³-hybridized carbons (Fsp3) is 0.278.